The van der Waals surface area contributed by atoms with Crippen LogP contribution in [0.4, 0.5) is 0 Å². The largest absolute Gasteiger partial charge is 0.335 e. The molecule has 1 aromatic carbocycles. The Labute approximate surface area is 172 Å². The number of fused-ring (bicyclic) bond motifs is 1. The molecule has 0 spiro atoms. The molecule has 0 N–H and O–H groups in total. The number of rotatable bonds is 8. The van der Waals surface area contributed by atoms with Gasteiger partial charge < -0.3 is 4.90 Å². The van der Waals surface area contributed by atoms with Crippen LogP contribution in [0.5, 0.6) is 0 Å². The van der Waals surface area contributed by atoms with Gasteiger partial charge in [0.05, 0.1) is 27.1 Å². The van der Waals surface area contributed by atoms with Gasteiger partial charge in [0, 0.05) is 25.0 Å². The summed E-state index contributed by atoms with van der Waals surface area (Å²) in [7, 11) is 1.84. The maximum Gasteiger partial charge on any atom is 0.237 e. The highest BCUT2D eigenvalue weighted by Gasteiger charge is 2.22. The van der Waals surface area contributed by atoms with Gasteiger partial charge in [0.15, 0.2) is 0 Å². The highest BCUT2D eigenvalue weighted by atomic mass is 35.5. The van der Waals surface area contributed by atoms with E-state index in [1.165, 1.54) is 11.3 Å². The molecule has 3 aromatic rings. The van der Waals surface area contributed by atoms with Gasteiger partial charge in [0.1, 0.15) is 5.01 Å². The van der Waals surface area contributed by atoms with E-state index in [4.69, 9.17) is 11.6 Å². The molecule has 3 rings (SSSR count). The van der Waals surface area contributed by atoms with Crippen molar-refractivity contribution in [3.05, 3.63) is 63.3 Å². The van der Waals surface area contributed by atoms with Gasteiger partial charge in [0.25, 0.3) is 0 Å². The van der Waals surface area contributed by atoms with E-state index in [1.807, 2.05) is 50.4 Å². The second kappa shape index (κ2) is 8.97. The summed E-state index contributed by atoms with van der Waals surface area (Å²) in [6.45, 7) is 7.48. The number of para-hydroxylation sites is 1. The molecule has 0 aliphatic heterocycles. The monoisotopic (exact) mass is 419 g/mol. The van der Waals surface area contributed by atoms with Crippen molar-refractivity contribution < 1.29 is 4.79 Å². The molecule has 1 amide bonds. The minimum absolute atomic E-state index is 0.0614. The van der Waals surface area contributed by atoms with Gasteiger partial charge in [-0.1, -0.05) is 29.8 Å². The molecule has 0 unspecified atom stereocenters. The molecule has 0 saturated heterocycles. The minimum Gasteiger partial charge on any atom is -0.335 e. The van der Waals surface area contributed by atoms with Crippen molar-refractivity contribution in [2.45, 2.75) is 19.5 Å². The second-order valence-electron chi connectivity index (χ2n) is 6.36. The summed E-state index contributed by atoms with van der Waals surface area (Å²) < 4.78 is 1.90. The van der Waals surface area contributed by atoms with Gasteiger partial charge in [-0.05, 0) is 31.2 Å². The summed E-state index contributed by atoms with van der Waals surface area (Å²) in [5.74, 6) is 0.0614. The number of halogens is 1. The van der Waals surface area contributed by atoms with E-state index in [0.29, 0.717) is 19.6 Å². The SMILES string of the molecule is C=CCN(CC(=O)N(C)[C@@H](C)c1nc2ccccc2s1)Cc1ccc(Cl)s1. The van der Waals surface area contributed by atoms with Crippen molar-refractivity contribution >= 4 is 50.4 Å². The molecule has 142 valence electrons. The van der Waals surface area contributed by atoms with Crippen LogP contribution >= 0.6 is 34.3 Å². The predicted molar refractivity (Wildman–Crippen MR) is 116 cm³/mol. The van der Waals surface area contributed by atoms with E-state index >= 15 is 0 Å². The van der Waals surface area contributed by atoms with Crippen LogP contribution in [-0.2, 0) is 11.3 Å². The molecule has 0 saturated carbocycles. The highest BCUT2D eigenvalue weighted by molar-refractivity contribution is 7.18. The molecular formula is C20H22ClN3OS2. The van der Waals surface area contributed by atoms with Crippen LogP contribution in [0, 0.1) is 0 Å². The van der Waals surface area contributed by atoms with Crippen LogP contribution in [0.2, 0.25) is 4.34 Å². The fourth-order valence-electron chi connectivity index (χ4n) is 2.78. The van der Waals surface area contributed by atoms with Gasteiger partial charge in [-0.25, -0.2) is 4.98 Å². The van der Waals surface area contributed by atoms with Crippen LogP contribution in [0.3, 0.4) is 0 Å². The smallest absolute Gasteiger partial charge is 0.237 e. The lowest BCUT2D eigenvalue weighted by molar-refractivity contribution is -0.133. The zero-order valence-electron chi connectivity index (χ0n) is 15.4. The van der Waals surface area contributed by atoms with Crippen molar-refractivity contribution in [3.63, 3.8) is 0 Å². The van der Waals surface area contributed by atoms with Crippen molar-refractivity contribution in [1.82, 2.24) is 14.8 Å². The number of aromatic nitrogens is 1. The number of hydrogen-bond donors (Lipinski definition) is 0. The van der Waals surface area contributed by atoms with Gasteiger partial charge in [-0.2, -0.15) is 0 Å². The number of benzene rings is 1. The predicted octanol–water partition coefficient (Wildman–Crippen LogP) is 5.22. The molecule has 0 bridgehead atoms. The molecular weight excluding hydrogens is 398 g/mol. The third-order valence-electron chi connectivity index (χ3n) is 4.40. The normalized spacial score (nSPS) is 12.4. The molecule has 0 aliphatic rings. The number of carbonyl (C=O) groups is 1. The quantitative estimate of drug-likeness (QED) is 0.469. The van der Waals surface area contributed by atoms with Gasteiger partial charge in [0.2, 0.25) is 5.91 Å². The van der Waals surface area contributed by atoms with E-state index in [2.05, 4.69) is 22.5 Å². The first kappa shape index (κ1) is 20.0. The molecule has 2 aromatic heterocycles. The first-order valence-electron chi connectivity index (χ1n) is 8.66. The Morgan fingerprint density at radius 2 is 2.07 bits per heavy atom. The Morgan fingerprint density at radius 3 is 2.74 bits per heavy atom. The Bertz CT molecular complexity index is 903. The number of thiophene rings is 1. The van der Waals surface area contributed by atoms with Crippen molar-refractivity contribution in [1.29, 1.82) is 0 Å². The third kappa shape index (κ3) is 4.96. The number of thiazole rings is 1. The average Bonchev–Trinajstić information content (AvgIpc) is 3.26. The molecule has 2 heterocycles. The number of carbonyl (C=O) groups excluding carboxylic acids is 1. The maximum atomic E-state index is 12.9. The lowest BCUT2D eigenvalue weighted by Crippen LogP contribution is -2.39. The summed E-state index contributed by atoms with van der Waals surface area (Å²) in [5, 5.41) is 0.951. The summed E-state index contributed by atoms with van der Waals surface area (Å²) >= 11 is 9.20. The summed E-state index contributed by atoms with van der Waals surface area (Å²) in [6.07, 6.45) is 1.82. The summed E-state index contributed by atoms with van der Waals surface area (Å²) in [5.41, 5.74) is 0.980. The van der Waals surface area contributed by atoms with Gasteiger partial charge >= 0.3 is 0 Å². The molecule has 27 heavy (non-hydrogen) atoms. The van der Waals surface area contributed by atoms with E-state index < -0.39 is 0 Å². The summed E-state index contributed by atoms with van der Waals surface area (Å²) in [6, 6.07) is 11.9. The Balaban J connectivity index is 1.67. The minimum atomic E-state index is -0.0725. The van der Waals surface area contributed by atoms with Crippen LogP contribution < -0.4 is 0 Å². The van der Waals surface area contributed by atoms with Crippen LogP contribution in [0.25, 0.3) is 10.2 Å². The number of nitrogens with zero attached hydrogens (tertiary/aromatic N) is 3. The van der Waals surface area contributed by atoms with Crippen molar-refractivity contribution in [3.8, 4) is 0 Å². The fourth-order valence-corrected chi connectivity index (χ4v) is 4.97. The van der Waals surface area contributed by atoms with E-state index in [-0.39, 0.29) is 11.9 Å². The number of hydrogen-bond acceptors (Lipinski definition) is 5. The summed E-state index contributed by atoms with van der Waals surface area (Å²) in [4.78, 5) is 22.5. The topological polar surface area (TPSA) is 36.4 Å². The van der Waals surface area contributed by atoms with Gasteiger partial charge in [-0.15, -0.1) is 29.3 Å². The lowest BCUT2D eigenvalue weighted by Gasteiger charge is -2.27. The maximum absolute atomic E-state index is 12.9. The van der Waals surface area contributed by atoms with Crippen LogP contribution in [0.15, 0.2) is 49.1 Å². The van der Waals surface area contributed by atoms with Crippen molar-refractivity contribution in [2.75, 3.05) is 20.1 Å². The van der Waals surface area contributed by atoms with E-state index in [1.54, 1.807) is 16.2 Å². The molecule has 0 fully saturated rings. The fraction of sp³-hybridized carbons (Fsp3) is 0.300. The molecule has 4 nitrogen and oxygen atoms in total. The Hall–Kier alpha value is -1.73. The Kier molecular flexibility index (Phi) is 6.65. The van der Waals surface area contributed by atoms with Crippen molar-refractivity contribution in [2.24, 2.45) is 0 Å². The number of amides is 1. The Morgan fingerprint density at radius 1 is 1.30 bits per heavy atom. The zero-order valence-corrected chi connectivity index (χ0v) is 17.8. The lowest BCUT2D eigenvalue weighted by atomic mass is 10.3. The standard InChI is InChI=1S/C20H22ClN3OS2/c1-4-11-24(12-15-9-10-18(21)26-15)13-19(25)23(3)14(2)20-22-16-7-5-6-8-17(16)27-20/h4-10,14H,1,11-13H2,2-3H3/t14-/m0/s1. The van der Waals surface area contributed by atoms with E-state index in [0.717, 1.165) is 24.4 Å². The van der Waals surface area contributed by atoms with E-state index in [9.17, 15) is 4.79 Å². The second-order valence-corrected chi connectivity index (χ2v) is 9.23. The zero-order chi connectivity index (χ0) is 19.4. The van der Waals surface area contributed by atoms with Gasteiger partial charge in [-0.3, -0.25) is 9.69 Å². The van der Waals surface area contributed by atoms with Crippen LogP contribution in [-0.4, -0.2) is 40.8 Å². The molecule has 1 atom stereocenters. The third-order valence-corrected chi connectivity index (χ3v) is 6.82. The molecule has 7 heteroatoms. The highest BCUT2D eigenvalue weighted by Crippen LogP contribution is 2.29. The molecule has 0 aliphatic carbocycles. The van der Waals surface area contributed by atoms with Crippen LogP contribution in [0.1, 0.15) is 22.9 Å². The first-order chi connectivity index (χ1) is 13.0. The number of likely N-dealkylation sites (N-methyl/N-ethyl adjacent to an activating group) is 1. The molecule has 0 radical (unpaired) electrons. The first-order valence-corrected chi connectivity index (χ1v) is 10.7. The average molecular weight is 420 g/mol.